The fraction of sp³-hybridized carbons (Fsp3) is 0.385. The van der Waals surface area contributed by atoms with Gasteiger partial charge in [-0.15, -0.1) is 0 Å². The molecular weight excluding hydrogens is 310 g/mol. The van der Waals surface area contributed by atoms with Crippen molar-refractivity contribution < 1.29 is 9.59 Å². The van der Waals surface area contributed by atoms with E-state index in [1.54, 1.807) is 0 Å². The summed E-state index contributed by atoms with van der Waals surface area (Å²) < 4.78 is 0.955. The molecule has 0 spiro atoms. The molecule has 0 bridgehead atoms. The fourth-order valence-corrected chi connectivity index (χ4v) is 3.06. The molecule has 2 aliphatic rings. The van der Waals surface area contributed by atoms with Crippen LogP contribution in [-0.4, -0.2) is 49.4 Å². The van der Waals surface area contributed by atoms with E-state index in [4.69, 9.17) is 0 Å². The molecule has 19 heavy (non-hydrogen) atoms. The van der Waals surface area contributed by atoms with Crippen molar-refractivity contribution in [2.24, 2.45) is 0 Å². The molecule has 3 rings (SSSR count). The Kier molecular flexibility index (Phi) is 3.18. The Labute approximate surface area is 119 Å². The van der Waals surface area contributed by atoms with Gasteiger partial charge in [0.05, 0.1) is 6.04 Å². The Hall–Kier alpha value is -1.56. The number of hydrogen-bond donors (Lipinski definition) is 1. The van der Waals surface area contributed by atoms with E-state index in [-0.39, 0.29) is 12.1 Å². The van der Waals surface area contributed by atoms with Crippen LogP contribution in [0.3, 0.4) is 0 Å². The predicted octanol–water partition coefficient (Wildman–Crippen LogP) is 1.48. The summed E-state index contributed by atoms with van der Waals surface area (Å²) in [6.07, 6.45) is 0.881. The number of benzene rings is 1. The molecule has 0 aromatic heterocycles. The molecule has 2 fully saturated rings. The highest BCUT2D eigenvalue weighted by atomic mass is 79.9. The van der Waals surface area contributed by atoms with Crippen LogP contribution in [-0.2, 0) is 0 Å². The minimum absolute atomic E-state index is 0.0227. The van der Waals surface area contributed by atoms with E-state index in [2.05, 4.69) is 26.1 Å². The second-order valence-electron chi connectivity index (χ2n) is 4.80. The molecule has 1 aromatic carbocycles. The number of rotatable bonds is 2. The van der Waals surface area contributed by atoms with Crippen molar-refractivity contribution in [3.63, 3.8) is 0 Å². The van der Waals surface area contributed by atoms with E-state index in [0.717, 1.165) is 29.5 Å². The summed E-state index contributed by atoms with van der Waals surface area (Å²) in [4.78, 5) is 26.8. The number of anilines is 1. The van der Waals surface area contributed by atoms with Crippen LogP contribution < -0.4 is 10.2 Å². The van der Waals surface area contributed by atoms with Gasteiger partial charge in [0, 0.05) is 41.9 Å². The lowest BCUT2D eigenvalue weighted by Gasteiger charge is -2.38. The van der Waals surface area contributed by atoms with Gasteiger partial charge in [0.1, 0.15) is 0 Å². The Bertz CT molecular complexity index is 535. The summed E-state index contributed by atoms with van der Waals surface area (Å²) in [5, 5.41) is 2.86. The maximum Gasteiger partial charge on any atom is 0.317 e. The van der Waals surface area contributed by atoms with E-state index >= 15 is 0 Å². The first-order valence-corrected chi connectivity index (χ1v) is 7.02. The average Bonchev–Trinajstić information content (AvgIpc) is 2.80. The lowest BCUT2D eigenvalue weighted by molar-refractivity contribution is 0.112. The standard InChI is InChI=1S/C13H14BrN3O2/c14-10-2-1-9(8-18)12(5-10)16-3-4-17-11(7-16)6-15-13(17)19/h1-2,5,8,11H,3-4,6-7H2,(H,15,19). The minimum atomic E-state index is 0.0227. The number of amides is 2. The van der Waals surface area contributed by atoms with Crippen LogP contribution >= 0.6 is 15.9 Å². The molecule has 1 N–H and O–H groups in total. The Morgan fingerprint density at radius 3 is 3.00 bits per heavy atom. The van der Waals surface area contributed by atoms with E-state index in [0.29, 0.717) is 18.7 Å². The topological polar surface area (TPSA) is 52.7 Å². The highest BCUT2D eigenvalue weighted by Gasteiger charge is 2.35. The maximum absolute atomic E-state index is 11.6. The first-order chi connectivity index (χ1) is 9.19. The molecule has 0 radical (unpaired) electrons. The Morgan fingerprint density at radius 2 is 2.21 bits per heavy atom. The third-order valence-electron chi connectivity index (χ3n) is 3.69. The first kappa shape index (κ1) is 12.5. The smallest absolute Gasteiger partial charge is 0.317 e. The molecule has 1 unspecified atom stereocenters. The SMILES string of the molecule is O=Cc1ccc(Br)cc1N1CCN2C(=O)NCC2C1. The minimum Gasteiger partial charge on any atom is -0.367 e. The van der Waals surface area contributed by atoms with Crippen molar-refractivity contribution in [2.75, 3.05) is 31.1 Å². The number of carbonyl (C=O) groups is 2. The van der Waals surface area contributed by atoms with E-state index < -0.39 is 0 Å². The second kappa shape index (κ2) is 4.85. The van der Waals surface area contributed by atoms with Gasteiger partial charge < -0.3 is 15.1 Å². The molecule has 2 amide bonds. The Morgan fingerprint density at radius 1 is 1.37 bits per heavy atom. The van der Waals surface area contributed by atoms with Gasteiger partial charge in [-0.3, -0.25) is 4.79 Å². The van der Waals surface area contributed by atoms with E-state index in [1.165, 1.54) is 0 Å². The van der Waals surface area contributed by atoms with Gasteiger partial charge in [-0.25, -0.2) is 4.79 Å². The summed E-state index contributed by atoms with van der Waals surface area (Å²) in [6.45, 7) is 2.89. The number of piperazine rings is 1. The molecule has 1 aromatic rings. The van der Waals surface area contributed by atoms with Crippen LogP contribution in [0.25, 0.3) is 0 Å². The Balaban J connectivity index is 1.86. The van der Waals surface area contributed by atoms with E-state index in [1.807, 2.05) is 23.1 Å². The summed E-state index contributed by atoms with van der Waals surface area (Å²) >= 11 is 3.44. The number of fused-ring (bicyclic) bond motifs is 1. The van der Waals surface area contributed by atoms with Crippen LogP contribution in [0.1, 0.15) is 10.4 Å². The van der Waals surface area contributed by atoms with Crippen molar-refractivity contribution in [2.45, 2.75) is 6.04 Å². The largest absolute Gasteiger partial charge is 0.367 e. The predicted molar refractivity (Wildman–Crippen MR) is 75.6 cm³/mol. The summed E-state index contributed by atoms with van der Waals surface area (Å²) in [5.41, 5.74) is 1.62. The molecule has 6 heteroatoms. The molecule has 2 aliphatic heterocycles. The highest BCUT2D eigenvalue weighted by Crippen LogP contribution is 2.27. The third-order valence-corrected chi connectivity index (χ3v) is 4.19. The maximum atomic E-state index is 11.6. The van der Waals surface area contributed by atoms with Crippen LogP contribution in [0.5, 0.6) is 0 Å². The van der Waals surface area contributed by atoms with Gasteiger partial charge in [-0.05, 0) is 18.2 Å². The molecule has 1 atom stereocenters. The third kappa shape index (κ3) is 2.20. The molecule has 5 nitrogen and oxygen atoms in total. The number of carbonyl (C=O) groups excluding carboxylic acids is 2. The molecule has 0 saturated carbocycles. The van der Waals surface area contributed by atoms with Crippen LogP contribution in [0.15, 0.2) is 22.7 Å². The molecule has 2 saturated heterocycles. The number of aldehydes is 1. The van der Waals surface area contributed by atoms with E-state index in [9.17, 15) is 9.59 Å². The summed E-state index contributed by atoms with van der Waals surface area (Å²) in [6, 6.07) is 5.86. The van der Waals surface area contributed by atoms with Crippen LogP contribution in [0, 0.1) is 0 Å². The van der Waals surface area contributed by atoms with Crippen LogP contribution in [0.2, 0.25) is 0 Å². The second-order valence-corrected chi connectivity index (χ2v) is 5.72. The van der Waals surface area contributed by atoms with Gasteiger partial charge in [0.25, 0.3) is 0 Å². The molecular formula is C13H14BrN3O2. The van der Waals surface area contributed by atoms with Gasteiger partial charge in [-0.1, -0.05) is 15.9 Å². The molecule has 2 heterocycles. The number of nitrogens with zero attached hydrogens (tertiary/aromatic N) is 2. The summed E-state index contributed by atoms with van der Waals surface area (Å²) in [5.74, 6) is 0. The van der Waals surface area contributed by atoms with Gasteiger partial charge in [0.2, 0.25) is 0 Å². The first-order valence-electron chi connectivity index (χ1n) is 6.23. The average molecular weight is 324 g/mol. The van der Waals surface area contributed by atoms with Crippen molar-refractivity contribution in [3.8, 4) is 0 Å². The molecule has 100 valence electrons. The zero-order valence-electron chi connectivity index (χ0n) is 10.3. The zero-order valence-corrected chi connectivity index (χ0v) is 11.9. The van der Waals surface area contributed by atoms with Crippen molar-refractivity contribution >= 4 is 33.9 Å². The quantitative estimate of drug-likeness (QED) is 0.839. The van der Waals surface area contributed by atoms with Crippen molar-refractivity contribution in [1.82, 2.24) is 10.2 Å². The number of halogens is 1. The van der Waals surface area contributed by atoms with Gasteiger partial charge in [-0.2, -0.15) is 0 Å². The van der Waals surface area contributed by atoms with Gasteiger partial charge >= 0.3 is 6.03 Å². The summed E-state index contributed by atoms with van der Waals surface area (Å²) in [7, 11) is 0. The zero-order chi connectivity index (χ0) is 13.4. The number of hydrogen-bond acceptors (Lipinski definition) is 3. The van der Waals surface area contributed by atoms with Crippen LogP contribution in [0.4, 0.5) is 10.5 Å². The van der Waals surface area contributed by atoms with Crippen molar-refractivity contribution in [1.29, 1.82) is 0 Å². The van der Waals surface area contributed by atoms with Gasteiger partial charge in [0.15, 0.2) is 6.29 Å². The molecule has 0 aliphatic carbocycles. The highest BCUT2D eigenvalue weighted by molar-refractivity contribution is 9.10. The fourth-order valence-electron chi connectivity index (χ4n) is 2.71. The lowest BCUT2D eigenvalue weighted by Crippen LogP contribution is -2.52. The number of urea groups is 1. The lowest BCUT2D eigenvalue weighted by atomic mass is 10.1. The van der Waals surface area contributed by atoms with Crippen molar-refractivity contribution in [3.05, 3.63) is 28.2 Å². The number of nitrogens with one attached hydrogen (secondary N) is 1. The normalized spacial score (nSPS) is 22.2. The monoisotopic (exact) mass is 323 g/mol.